The second-order valence-electron chi connectivity index (χ2n) is 6.99. The van der Waals surface area contributed by atoms with Crippen LogP contribution >= 0.6 is 0 Å². The molecule has 0 bridgehead atoms. The first kappa shape index (κ1) is 18.5. The fourth-order valence-corrected chi connectivity index (χ4v) is 3.35. The van der Waals surface area contributed by atoms with E-state index < -0.39 is 0 Å². The van der Waals surface area contributed by atoms with Crippen molar-refractivity contribution >= 4 is 6.21 Å². The van der Waals surface area contributed by atoms with Gasteiger partial charge in [0.1, 0.15) is 18.0 Å². The van der Waals surface area contributed by atoms with Crippen LogP contribution in [0.2, 0.25) is 0 Å². The standard InChI is InChI=1S/C22H28N2O2/c1-2-14-26-21-9-8-19(22(25)15-21)16-23-20-10-12-24(13-11-20)17-18-6-4-3-5-7-18/h3-9,15-16,20,25H,2,10-14,17H2,1H3/p+1. The van der Waals surface area contributed by atoms with Crippen molar-refractivity contribution in [3.63, 3.8) is 0 Å². The number of hydrogen-bond donors (Lipinski definition) is 2. The number of phenols is 1. The van der Waals surface area contributed by atoms with Gasteiger partial charge in [-0.1, -0.05) is 37.3 Å². The summed E-state index contributed by atoms with van der Waals surface area (Å²) in [6, 6.07) is 16.5. The number of aromatic hydroxyl groups is 1. The van der Waals surface area contributed by atoms with E-state index in [9.17, 15) is 5.11 Å². The van der Waals surface area contributed by atoms with Crippen molar-refractivity contribution in [2.24, 2.45) is 4.99 Å². The zero-order chi connectivity index (χ0) is 18.2. The Morgan fingerprint density at radius 2 is 1.92 bits per heavy atom. The zero-order valence-corrected chi connectivity index (χ0v) is 15.5. The summed E-state index contributed by atoms with van der Waals surface area (Å²) in [4.78, 5) is 6.34. The molecule has 2 N–H and O–H groups in total. The van der Waals surface area contributed by atoms with Gasteiger partial charge in [-0.25, -0.2) is 0 Å². The number of likely N-dealkylation sites (tertiary alicyclic amines) is 1. The lowest BCUT2D eigenvalue weighted by Crippen LogP contribution is -3.12. The number of nitrogens with zero attached hydrogens (tertiary/aromatic N) is 1. The van der Waals surface area contributed by atoms with Crippen LogP contribution in [0.3, 0.4) is 0 Å². The SMILES string of the molecule is CCCOc1ccc(C=NC2CC[NH+](Cc3ccccc3)CC2)c(O)c1. The molecule has 3 rings (SSSR count). The zero-order valence-electron chi connectivity index (χ0n) is 15.5. The maximum absolute atomic E-state index is 10.2. The second-order valence-corrected chi connectivity index (χ2v) is 6.99. The number of quaternary nitrogens is 1. The highest BCUT2D eigenvalue weighted by molar-refractivity contribution is 5.83. The minimum absolute atomic E-state index is 0.231. The van der Waals surface area contributed by atoms with Gasteiger partial charge in [0.25, 0.3) is 0 Å². The molecule has 2 aromatic carbocycles. The quantitative estimate of drug-likeness (QED) is 0.752. The summed E-state index contributed by atoms with van der Waals surface area (Å²) in [5, 5.41) is 10.2. The highest BCUT2D eigenvalue weighted by Gasteiger charge is 2.21. The Morgan fingerprint density at radius 1 is 1.15 bits per heavy atom. The Labute approximate surface area is 156 Å². The van der Waals surface area contributed by atoms with E-state index in [-0.39, 0.29) is 5.75 Å². The fraction of sp³-hybridized carbons (Fsp3) is 0.409. The Hall–Kier alpha value is -2.33. The molecule has 1 aliphatic rings. The first-order valence-electron chi connectivity index (χ1n) is 9.61. The van der Waals surface area contributed by atoms with Crippen LogP contribution in [0.25, 0.3) is 0 Å². The first-order chi connectivity index (χ1) is 12.7. The Morgan fingerprint density at radius 3 is 2.62 bits per heavy atom. The highest BCUT2D eigenvalue weighted by Crippen LogP contribution is 2.22. The van der Waals surface area contributed by atoms with Crippen LogP contribution in [0.1, 0.15) is 37.3 Å². The predicted octanol–water partition coefficient (Wildman–Crippen LogP) is 2.85. The number of piperidine rings is 1. The largest absolute Gasteiger partial charge is 0.507 e. The van der Waals surface area contributed by atoms with E-state index in [4.69, 9.17) is 9.73 Å². The lowest BCUT2D eigenvalue weighted by molar-refractivity contribution is -0.918. The van der Waals surface area contributed by atoms with Crippen molar-refractivity contribution in [2.45, 2.75) is 38.8 Å². The van der Waals surface area contributed by atoms with Crippen LogP contribution in [0.4, 0.5) is 0 Å². The molecule has 0 aliphatic carbocycles. The second kappa shape index (κ2) is 9.39. The van der Waals surface area contributed by atoms with E-state index in [2.05, 4.69) is 37.3 Å². The van der Waals surface area contributed by atoms with Gasteiger partial charge in [0, 0.05) is 36.2 Å². The molecule has 0 amide bonds. The molecule has 1 saturated heterocycles. The van der Waals surface area contributed by atoms with Crippen molar-refractivity contribution < 1.29 is 14.7 Å². The van der Waals surface area contributed by atoms with Crippen molar-refractivity contribution in [2.75, 3.05) is 19.7 Å². The van der Waals surface area contributed by atoms with E-state index >= 15 is 0 Å². The normalized spacial score (nSPS) is 20.3. The Bertz CT molecular complexity index is 707. The van der Waals surface area contributed by atoms with Crippen LogP contribution in [-0.2, 0) is 6.54 Å². The van der Waals surface area contributed by atoms with E-state index in [0.717, 1.165) is 44.5 Å². The lowest BCUT2D eigenvalue weighted by Gasteiger charge is -2.27. The van der Waals surface area contributed by atoms with Gasteiger partial charge in [-0.05, 0) is 18.6 Å². The third kappa shape index (κ3) is 5.33. The summed E-state index contributed by atoms with van der Waals surface area (Å²) in [7, 11) is 0. The van der Waals surface area contributed by atoms with Crippen LogP contribution in [0.5, 0.6) is 11.5 Å². The molecule has 0 atom stereocenters. The molecular weight excluding hydrogens is 324 g/mol. The molecule has 2 aromatic rings. The minimum Gasteiger partial charge on any atom is -0.507 e. The molecule has 0 unspecified atom stereocenters. The topological polar surface area (TPSA) is 46.3 Å². The van der Waals surface area contributed by atoms with E-state index in [1.54, 1.807) is 11.0 Å². The van der Waals surface area contributed by atoms with Crippen molar-refractivity contribution in [1.82, 2.24) is 0 Å². The smallest absolute Gasteiger partial charge is 0.128 e. The number of ether oxygens (including phenoxy) is 1. The molecule has 4 heteroatoms. The molecule has 4 nitrogen and oxygen atoms in total. The molecule has 26 heavy (non-hydrogen) atoms. The maximum atomic E-state index is 10.2. The van der Waals surface area contributed by atoms with Gasteiger partial charge in [0.2, 0.25) is 0 Å². The van der Waals surface area contributed by atoms with Crippen LogP contribution in [0, 0.1) is 0 Å². The molecule has 0 saturated carbocycles. The Balaban J connectivity index is 1.49. The van der Waals surface area contributed by atoms with Gasteiger partial charge < -0.3 is 14.7 Å². The van der Waals surface area contributed by atoms with Crippen LogP contribution in [-0.4, -0.2) is 37.1 Å². The van der Waals surface area contributed by atoms with Crippen molar-refractivity contribution in [3.8, 4) is 11.5 Å². The summed E-state index contributed by atoms with van der Waals surface area (Å²) in [5.41, 5.74) is 2.16. The van der Waals surface area contributed by atoms with Crippen LogP contribution < -0.4 is 9.64 Å². The average molecular weight is 353 g/mol. The van der Waals surface area contributed by atoms with Crippen molar-refractivity contribution in [1.29, 1.82) is 0 Å². The number of nitrogens with one attached hydrogen (secondary N) is 1. The Kier molecular flexibility index (Phi) is 6.67. The number of aliphatic imine (C=N–C) groups is 1. The summed E-state index contributed by atoms with van der Waals surface area (Å²) < 4.78 is 5.54. The van der Waals surface area contributed by atoms with Crippen molar-refractivity contribution in [3.05, 3.63) is 59.7 Å². The van der Waals surface area contributed by atoms with E-state index in [0.29, 0.717) is 18.4 Å². The average Bonchev–Trinajstić information content (AvgIpc) is 2.67. The molecule has 0 radical (unpaired) electrons. The van der Waals surface area contributed by atoms with E-state index in [1.165, 1.54) is 5.56 Å². The van der Waals surface area contributed by atoms with E-state index in [1.807, 2.05) is 18.3 Å². The summed E-state index contributed by atoms with van der Waals surface area (Å²) in [6.07, 6.45) is 4.95. The summed E-state index contributed by atoms with van der Waals surface area (Å²) >= 11 is 0. The highest BCUT2D eigenvalue weighted by atomic mass is 16.5. The van der Waals surface area contributed by atoms with Gasteiger partial charge in [0.05, 0.1) is 25.7 Å². The van der Waals surface area contributed by atoms with Crippen LogP contribution in [0.15, 0.2) is 53.5 Å². The molecule has 1 heterocycles. The fourth-order valence-electron chi connectivity index (χ4n) is 3.35. The maximum Gasteiger partial charge on any atom is 0.128 e. The van der Waals surface area contributed by atoms with Gasteiger partial charge in [0.15, 0.2) is 0 Å². The molecule has 0 aromatic heterocycles. The molecule has 138 valence electrons. The number of phenolic OH excluding ortho intramolecular Hbond substituents is 1. The third-order valence-electron chi connectivity index (χ3n) is 4.86. The monoisotopic (exact) mass is 353 g/mol. The number of rotatable bonds is 7. The van der Waals surface area contributed by atoms with Gasteiger partial charge in [-0.3, -0.25) is 4.99 Å². The minimum atomic E-state index is 0.231. The third-order valence-corrected chi connectivity index (χ3v) is 4.86. The van der Waals surface area contributed by atoms with Gasteiger partial charge >= 0.3 is 0 Å². The molecular formula is C22H29N2O2+. The lowest BCUT2D eigenvalue weighted by atomic mass is 10.0. The molecule has 0 spiro atoms. The predicted molar refractivity (Wildman–Crippen MR) is 105 cm³/mol. The summed E-state index contributed by atoms with van der Waals surface area (Å²) in [5.74, 6) is 0.939. The van der Waals surface area contributed by atoms with Gasteiger partial charge in [-0.15, -0.1) is 0 Å². The molecule has 1 aliphatic heterocycles. The molecule has 1 fully saturated rings. The first-order valence-corrected chi connectivity index (χ1v) is 9.61. The number of benzene rings is 2. The van der Waals surface area contributed by atoms with Gasteiger partial charge in [-0.2, -0.15) is 0 Å². The summed E-state index contributed by atoms with van der Waals surface area (Å²) in [6.45, 7) is 6.11. The number of hydrogen-bond acceptors (Lipinski definition) is 3.